The molecule has 82 valence electrons. The van der Waals surface area contributed by atoms with Crippen molar-refractivity contribution in [3.05, 3.63) is 35.4 Å². The van der Waals surface area contributed by atoms with Gasteiger partial charge in [-0.15, -0.1) is 0 Å². The van der Waals surface area contributed by atoms with Crippen molar-refractivity contribution in [2.75, 3.05) is 0 Å². The van der Waals surface area contributed by atoms with E-state index in [9.17, 15) is 0 Å². The Morgan fingerprint density at radius 3 is 2.00 bits per heavy atom. The van der Waals surface area contributed by atoms with Gasteiger partial charge in [0.15, 0.2) is 0 Å². The van der Waals surface area contributed by atoms with Crippen LogP contribution in [0.5, 0.6) is 0 Å². The maximum Gasteiger partial charge on any atom is 0.125 e. The fourth-order valence-electron chi connectivity index (χ4n) is 1.39. The minimum absolute atomic E-state index is 0.245. The number of rotatable bonds is 3. The van der Waals surface area contributed by atoms with Gasteiger partial charge < -0.3 is 5.73 Å². The van der Waals surface area contributed by atoms with Crippen molar-refractivity contribution >= 4 is 5.84 Å². The minimum Gasteiger partial charge on any atom is -0.383 e. The third-order valence-electron chi connectivity index (χ3n) is 2.27. The molecule has 0 unspecified atom stereocenters. The van der Waals surface area contributed by atoms with Crippen LogP contribution < -0.4 is 5.73 Å². The molecule has 0 aliphatic carbocycles. The quantitative estimate of drug-likeness (QED) is 0.596. The molecule has 15 heavy (non-hydrogen) atoms. The standard InChI is InChI=1S/C13H20N2/c1-9(2)11-5-7-12(8-6-11)13(14)15-10(3)4/h5-10H,1-4H3,(H2,14,15). The first-order valence-electron chi connectivity index (χ1n) is 5.44. The molecule has 0 amide bonds. The van der Waals surface area contributed by atoms with Crippen molar-refractivity contribution in [3.63, 3.8) is 0 Å². The van der Waals surface area contributed by atoms with Gasteiger partial charge in [-0.3, -0.25) is 4.99 Å². The van der Waals surface area contributed by atoms with E-state index in [4.69, 9.17) is 5.73 Å². The van der Waals surface area contributed by atoms with Crippen LogP contribution in [0, 0.1) is 0 Å². The number of nitrogens with zero attached hydrogens (tertiary/aromatic N) is 1. The maximum absolute atomic E-state index is 5.87. The molecule has 0 heterocycles. The fraction of sp³-hybridized carbons (Fsp3) is 0.462. The summed E-state index contributed by atoms with van der Waals surface area (Å²) in [6.45, 7) is 8.41. The first kappa shape index (κ1) is 11.8. The Morgan fingerprint density at radius 2 is 1.60 bits per heavy atom. The lowest BCUT2D eigenvalue weighted by Gasteiger charge is -2.07. The van der Waals surface area contributed by atoms with Gasteiger partial charge in [-0.2, -0.15) is 0 Å². The van der Waals surface area contributed by atoms with E-state index in [0.29, 0.717) is 11.8 Å². The van der Waals surface area contributed by atoms with E-state index in [1.165, 1.54) is 5.56 Å². The van der Waals surface area contributed by atoms with Gasteiger partial charge in [0, 0.05) is 11.6 Å². The van der Waals surface area contributed by atoms with E-state index >= 15 is 0 Å². The van der Waals surface area contributed by atoms with E-state index in [-0.39, 0.29) is 6.04 Å². The molecule has 0 saturated heterocycles. The summed E-state index contributed by atoms with van der Waals surface area (Å²) in [5.74, 6) is 1.18. The van der Waals surface area contributed by atoms with Gasteiger partial charge in [0.25, 0.3) is 0 Å². The third kappa shape index (κ3) is 3.39. The first-order valence-corrected chi connectivity index (χ1v) is 5.44. The molecule has 2 N–H and O–H groups in total. The highest BCUT2D eigenvalue weighted by atomic mass is 14.9. The Morgan fingerprint density at radius 1 is 1.07 bits per heavy atom. The molecule has 0 aromatic heterocycles. The van der Waals surface area contributed by atoms with Gasteiger partial charge in [-0.05, 0) is 25.3 Å². The predicted molar refractivity (Wildman–Crippen MR) is 66.4 cm³/mol. The van der Waals surface area contributed by atoms with Crippen LogP contribution in [0.1, 0.15) is 44.7 Å². The Labute approximate surface area is 92.2 Å². The molecule has 2 heteroatoms. The summed E-state index contributed by atoms with van der Waals surface area (Å²) in [5, 5.41) is 0. The Bertz CT molecular complexity index is 334. The van der Waals surface area contributed by atoms with Crippen LogP contribution in [0.2, 0.25) is 0 Å². The molecule has 2 nitrogen and oxygen atoms in total. The summed E-state index contributed by atoms with van der Waals surface area (Å²) in [7, 11) is 0. The normalized spacial score (nSPS) is 12.5. The molecule has 0 bridgehead atoms. The smallest absolute Gasteiger partial charge is 0.125 e. The van der Waals surface area contributed by atoms with Crippen LogP contribution in [0.15, 0.2) is 29.3 Å². The van der Waals surface area contributed by atoms with Crippen LogP contribution in [0.3, 0.4) is 0 Å². The van der Waals surface area contributed by atoms with E-state index in [0.717, 1.165) is 5.56 Å². The number of hydrogen-bond acceptors (Lipinski definition) is 1. The van der Waals surface area contributed by atoms with Crippen LogP contribution in [-0.4, -0.2) is 11.9 Å². The van der Waals surface area contributed by atoms with Gasteiger partial charge in [-0.25, -0.2) is 0 Å². The molecule has 0 saturated carbocycles. The molecule has 0 aliphatic heterocycles. The average molecular weight is 204 g/mol. The summed E-state index contributed by atoms with van der Waals surface area (Å²) in [5.41, 5.74) is 8.21. The van der Waals surface area contributed by atoms with Crippen LogP contribution >= 0.6 is 0 Å². The summed E-state index contributed by atoms with van der Waals surface area (Å²) in [6.07, 6.45) is 0. The Kier molecular flexibility index (Phi) is 3.89. The molecule has 0 radical (unpaired) electrons. The number of aliphatic imine (C=N–C) groups is 1. The number of amidine groups is 1. The van der Waals surface area contributed by atoms with E-state index in [1.54, 1.807) is 0 Å². The average Bonchev–Trinajstić information content (AvgIpc) is 2.17. The SMILES string of the molecule is CC(C)N=C(N)c1ccc(C(C)C)cc1. The summed E-state index contributed by atoms with van der Waals surface area (Å²) >= 11 is 0. The van der Waals surface area contributed by atoms with Crippen molar-refractivity contribution in [2.24, 2.45) is 10.7 Å². The van der Waals surface area contributed by atoms with Crippen molar-refractivity contribution < 1.29 is 0 Å². The zero-order valence-electron chi connectivity index (χ0n) is 9.99. The highest BCUT2D eigenvalue weighted by Crippen LogP contribution is 2.14. The van der Waals surface area contributed by atoms with Gasteiger partial charge in [0.1, 0.15) is 5.84 Å². The lowest BCUT2D eigenvalue weighted by molar-refractivity contribution is 0.834. The van der Waals surface area contributed by atoms with Crippen molar-refractivity contribution in [3.8, 4) is 0 Å². The highest BCUT2D eigenvalue weighted by molar-refractivity contribution is 5.97. The summed E-state index contributed by atoms with van der Waals surface area (Å²) in [4.78, 5) is 4.32. The maximum atomic E-state index is 5.87. The van der Waals surface area contributed by atoms with Gasteiger partial charge in [0.2, 0.25) is 0 Å². The number of nitrogens with two attached hydrogens (primary N) is 1. The topological polar surface area (TPSA) is 38.4 Å². The second-order valence-electron chi connectivity index (χ2n) is 4.38. The van der Waals surface area contributed by atoms with E-state index in [2.05, 4.69) is 31.0 Å². The summed E-state index contributed by atoms with van der Waals surface area (Å²) < 4.78 is 0. The van der Waals surface area contributed by atoms with E-state index in [1.807, 2.05) is 26.0 Å². The number of benzene rings is 1. The monoisotopic (exact) mass is 204 g/mol. The molecule has 1 aromatic rings. The van der Waals surface area contributed by atoms with Crippen molar-refractivity contribution in [2.45, 2.75) is 39.7 Å². The largest absolute Gasteiger partial charge is 0.383 e. The number of hydrogen-bond donors (Lipinski definition) is 1. The predicted octanol–water partition coefficient (Wildman–Crippen LogP) is 2.92. The zero-order chi connectivity index (χ0) is 11.4. The zero-order valence-corrected chi connectivity index (χ0v) is 9.99. The highest BCUT2D eigenvalue weighted by Gasteiger charge is 2.01. The molecule has 0 atom stereocenters. The summed E-state index contributed by atoms with van der Waals surface area (Å²) in [6, 6.07) is 8.55. The van der Waals surface area contributed by atoms with Gasteiger partial charge in [-0.1, -0.05) is 38.1 Å². The molecule has 0 aliphatic rings. The lowest BCUT2D eigenvalue weighted by Crippen LogP contribution is -2.15. The molecule has 1 aromatic carbocycles. The Balaban J connectivity index is 2.89. The second kappa shape index (κ2) is 4.96. The molecular weight excluding hydrogens is 184 g/mol. The first-order chi connectivity index (χ1) is 7.00. The van der Waals surface area contributed by atoms with Crippen LogP contribution in [-0.2, 0) is 0 Å². The molecule has 0 fully saturated rings. The molecule has 1 rings (SSSR count). The molecule has 0 spiro atoms. The van der Waals surface area contributed by atoms with Crippen LogP contribution in [0.25, 0.3) is 0 Å². The van der Waals surface area contributed by atoms with Crippen molar-refractivity contribution in [1.29, 1.82) is 0 Å². The third-order valence-corrected chi connectivity index (χ3v) is 2.27. The molecular formula is C13H20N2. The fourth-order valence-corrected chi connectivity index (χ4v) is 1.39. The van der Waals surface area contributed by atoms with Gasteiger partial charge >= 0.3 is 0 Å². The minimum atomic E-state index is 0.245. The van der Waals surface area contributed by atoms with E-state index < -0.39 is 0 Å². The van der Waals surface area contributed by atoms with Gasteiger partial charge in [0.05, 0.1) is 0 Å². The van der Waals surface area contributed by atoms with Crippen molar-refractivity contribution in [1.82, 2.24) is 0 Å². The Hall–Kier alpha value is -1.31. The van der Waals surface area contributed by atoms with Crippen LogP contribution in [0.4, 0.5) is 0 Å². The second-order valence-corrected chi connectivity index (χ2v) is 4.38. The lowest BCUT2D eigenvalue weighted by atomic mass is 10.0.